The molecule has 0 unspecified atom stereocenters. The molecule has 1 aliphatic heterocycles. The van der Waals surface area contributed by atoms with Crippen LogP contribution in [-0.2, 0) is 6.54 Å². The minimum Gasteiger partial charge on any atom is -0.395 e. The quantitative estimate of drug-likeness (QED) is 0.915. The molecule has 1 heterocycles. The predicted octanol–water partition coefficient (Wildman–Crippen LogP) is 2.09. The van der Waals surface area contributed by atoms with Crippen molar-refractivity contribution in [1.82, 2.24) is 9.80 Å². The third kappa shape index (κ3) is 4.53. The second kappa shape index (κ2) is 7.33. The Morgan fingerprint density at radius 1 is 1.16 bits per heavy atom. The molecule has 0 spiro atoms. The normalized spacial score (nSPS) is 18.5. The fourth-order valence-corrected chi connectivity index (χ4v) is 2.82. The molecule has 0 atom stereocenters. The van der Waals surface area contributed by atoms with Gasteiger partial charge < -0.3 is 5.11 Å². The molecule has 0 aromatic heterocycles. The molecule has 0 bridgehead atoms. The maximum Gasteiger partial charge on any atom is 0.123 e. The van der Waals surface area contributed by atoms with Gasteiger partial charge >= 0.3 is 0 Å². The van der Waals surface area contributed by atoms with E-state index in [1.807, 2.05) is 0 Å². The van der Waals surface area contributed by atoms with Crippen molar-refractivity contribution in [3.8, 4) is 0 Å². The summed E-state index contributed by atoms with van der Waals surface area (Å²) in [5.74, 6) is -0.185. The van der Waals surface area contributed by atoms with Crippen molar-refractivity contribution in [2.24, 2.45) is 0 Å². The lowest BCUT2D eigenvalue weighted by Gasteiger charge is -2.21. The Bertz CT molecular complexity index is 416. The maximum absolute atomic E-state index is 13.3. The SMILES string of the molecule is OCCN1CCCN(Cc2cc(F)ccc2Br)CC1. The number of halogens is 2. The second-order valence-corrected chi connectivity index (χ2v) is 5.79. The Morgan fingerprint density at radius 2 is 1.89 bits per heavy atom. The molecule has 0 aliphatic carbocycles. The molecule has 1 aromatic carbocycles. The number of aliphatic hydroxyl groups excluding tert-OH is 1. The number of β-amino-alcohol motifs (C(OH)–C–C–N with tert-alkyl or cyclic N) is 1. The standard InChI is InChI=1S/C14H20BrFN2O/c15-14-3-2-13(16)10-12(14)11-18-5-1-4-17(6-7-18)8-9-19/h2-3,10,19H,1,4-9,11H2. The van der Waals surface area contributed by atoms with E-state index in [0.717, 1.165) is 55.7 Å². The topological polar surface area (TPSA) is 26.7 Å². The summed E-state index contributed by atoms with van der Waals surface area (Å²) in [5, 5.41) is 8.98. The van der Waals surface area contributed by atoms with Gasteiger partial charge in [0.25, 0.3) is 0 Å². The highest BCUT2D eigenvalue weighted by Gasteiger charge is 2.15. The fraction of sp³-hybridized carbons (Fsp3) is 0.571. The van der Waals surface area contributed by atoms with Crippen molar-refractivity contribution in [3.05, 3.63) is 34.1 Å². The number of nitrogens with zero attached hydrogens (tertiary/aromatic N) is 2. The number of hydrogen-bond donors (Lipinski definition) is 1. The van der Waals surface area contributed by atoms with Crippen molar-refractivity contribution in [1.29, 1.82) is 0 Å². The van der Waals surface area contributed by atoms with Crippen molar-refractivity contribution in [3.63, 3.8) is 0 Å². The van der Waals surface area contributed by atoms with Gasteiger partial charge in [-0.1, -0.05) is 15.9 Å². The molecule has 1 fully saturated rings. The molecular weight excluding hydrogens is 311 g/mol. The maximum atomic E-state index is 13.3. The average Bonchev–Trinajstić information content (AvgIpc) is 2.60. The molecule has 1 saturated heterocycles. The Balaban J connectivity index is 1.94. The van der Waals surface area contributed by atoms with Gasteiger partial charge in [0.05, 0.1) is 6.61 Å². The van der Waals surface area contributed by atoms with Gasteiger partial charge in [-0.3, -0.25) is 9.80 Å². The van der Waals surface area contributed by atoms with Gasteiger partial charge in [-0.05, 0) is 43.3 Å². The molecule has 106 valence electrons. The van der Waals surface area contributed by atoms with E-state index < -0.39 is 0 Å². The van der Waals surface area contributed by atoms with Gasteiger partial charge in [0.1, 0.15) is 5.82 Å². The van der Waals surface area contributed by atoms with E-state index in [1.165, 1.54) is 6.07 Å². The molecular formula is C14H20BrFN2O. The summed E-state index contributed by atoms with van der Waals surface area (Å²) in [7, 11) is 0. The van der Waals surface area contributed by atoms with E-state index in [9.17, 15) is 4.39 Å². The highest BCUT2D eigenvalue weighted by molar-refractivity contribution is 9.10. The minimum absolute atomic E-state index is 0.185. The van der Waals surface area contributed by atoms with Crippen LogP contribution in [0.1, 0.15) is 12.0 Å². The number of aliphatic hydroxyl groups is 1. The van der Waals surface area contributed by atoms with Crippen molar-refractivity contribution >= 4 is 15.9 Å². The lowest BCUT2D eigenvalue weighted by atomic mass is 10.2. The Kier molecular flexibility index (Phi) is 5.76. The number of hydrogen-bond acceptors (Lipinski definition) is 3. The predicted molar refractivity (Wildman–Crippen MR) is 77.5 cm³/mol. The first kappa shape index (κ1) is 14.9. The number of rotatable bonds is 4. The molecule has 3 nitrogen and oxygen atoms in total. The van der Waals surface area contributed by atoms with E-state index in [2.05, 4.69) is 25.7 Å². The van der Waals surface area contributed by atoms with E-state index in [1.54, 1.807) is 12.1 Å². The molecule has 19 heavy (non-hydrogen) atoms. The van der Waals surface area contributed by atoms with Crippen LogP contribution in [0.3, 0.4) is 0 Å². The summed E-state index contributed by atoms with van der Waals surface area (Å²) in [6, 6.07) is 4.83. The van der Waals surface area contributed by atoms with Crippen LogP contribution in [0.15, 0.2) is 22.7 Å². The molecule has 0 radical (unpaired) electrons. The van der Waals surface area contributed by atoms with Crippen molar-refractivity contribution in [2.75, 3.05) is 39.3 Å². The van der Waals surface area contributed by atoms with Gasteiger partial charge in [0.15, 0.2) is 0 Å². The van der Waals surface area contributed by atoms with Crippen LogP contribution in [-0.4, -0.2) is 54.2 Å². The smallest absolute Gasteiger partial charge is 0.123 e. The van der Waals surface area contributed by atoms with E-state index >= 15 is 0 Å². The van der Waals surface area contributed by atoms with Crippen LogP contribution in [0.25, 0.3) is 0 Å². The Morgan fingerprint density at radius 3 is 2.68 bits per heavy atom. The van der Waals surface area contributed by atoms with Gasteiger partial charge in [-0.25, -0.2) is 4.39 Å². The summed E-state index contributed by atoms with van der Waals surface area (Å²) in [5.41, 5.74) is 0.996. The van der Waals surface area contributed by atoms with E-state index in [0.29, 0.717) is 0 Å². The lowest BCUT2D eigenvalue weighted by molar-refractivity contribution is 0.196. The minimum atomic E-state index is -0.185. The lowest BCUT2D eigenvalue weighted by Crippen LogP contribution is -2.32. The highest BCUT2D eigenvalue weighted by atomic mass is 79.9. The van der Waals surface area contributed by atoms with Crippen LogP contribution in [0.2, 0.25) is 0 Å². The first-order chi connectivity index (χ1) is 9.19. The summed E-state index contributed by atoms with van der Waals surface area (Å²) < 4.78 is 14.2. The van der Waals surface area contributed by atoms with Crippen LogP contribution < -0.4 is 0 Å². The van der Waals surface area contributed by atoms with Crippen molar-refractivity contribution < 1.29 is 9.50 Å². The molecule has 1 aromatic rings. The van der Waals surface area contributed by atoms with Crippen LogP contribution >= 0.6 is 15.9 Å². The largest absolute Gasteiger partial charge is 0.395 e. The molecule has 2 rings (SSSR count). The van der Waals surface area contributed by atoms with Crippen LogP contribution in [0.5, 0.6) is 0 Å². The first-order valence-corrected chi connectivity index (χ1v) is 7.48. The van der Waals surface area contributed by atoms with E-state index in [-0.39, 0.29) is 12.4 Å². The summed E-state index contributed by atoms with van der Waals surface area (Å²) >= 11 is 3.48. The van der Waals surface area contributed by atoms with Crippen LogP contribution in [0.4, 0.5) is 4.39 Å². The molecule has 1 N–H and O–H groups in total. The average molecular weight is 331 g/mol. The van der Waals surface area contributed by atoms with Crippen LogP contribution in [0, 0.1) is 5.82 Å². The fourth-order valence-electron chi connectivity index (χ4n) is 2.45. The summed E-state index contributed by atoms with van der Waals surface area (Å²) in [6.45, 7) is 5.71. The van der Waals surface area contributed by atoms with Gasteiger partial charge in [-0.2, -0.15) is 0 Å². The zero-order valence-corrected chi connectivity index (χ0v) is 12.6. The zero-order valence-electron chi connectivity index (χ0n) is 11.0. The molecule has 0 saturated carbocycles. The first-order valence-electron chi connectivity index (χ1n) is 6.68. The zero-order chi connectivity index (χ0) is 13.7. The third-order valence-corrected chi connectivity index (χ3v) is 4.27. The van der Waals surface area contributed by atoms with Gasteiger partial charge in [-0.15, -0.1) is 0 Å². The van der Waals surface area contributed by atoms with E-state index in [4.69, 9.17) is 5.11 Å². The molecule has 1 aliphatic rings. The van der Waals surface area contributed by atoms with Gasteiger partial charge in [0, 0.05) is 30.7 Å². The summed E-state index contributed by atoms with van der Waals surface area (Å²) in [6.07, 6.45) is 1.09. The monoisotopic (exact) mass is 330 g/mol. The molecule has 0 amide bonds. The summed E-state index contributed by atoms with van der Waals surface area (Å²) in [4.78, 5) is 4.62. The second-order valence-electron chi connectivity index (χ2n) is 4.93. The molecule has 5 heteroatoms. The highest BCUT2D eigenvalue weighted by Crippen LogP contribution is 2.20. The Hall–Kier alpha value is -0.490. The van der Waals surface area contributed by atoms with Gasteiger partial charge in [0.2, 0.25) is 0 Å². The Labute approximate surface area is 122 Å². The third-order valence-electron chi connectivity index (χ3n) is 3.50. The number of benzene rings is 1. The van der Waals surface area contributed by atoms with Crippen molar-refractivity contribution in [2.45, 2.75) is 13.0 Å².